The predicted octanol–water partition coefficient (Wildman–Crippen LogP) is 2.32. The highest BCUT2D eigenvalue weighted by Crippen LogP contribution is 2.32. The van der Waals surface area contributed by atoms with Crippen molar-refractivity contribution < 1.29 is 9.84 Å². The normalized spacial score (nSPS) is 16.7. The van der Waals surface area contributed by atoms with Crippen LogP contribution in [0.3, 0.4) is 0 Å². The molecule has 1 aromatic rings. The van der Waals surface area contributed by atoms with Crippen LogP contribution in [0, 0.1) is 0 Å². The van der Waals surface area contributed by atoms with Crippen LogP contribution in [0.25, 0.3) is 0 Å². The summed E-state index contributed by atoms with van der Waals surface area (Å²) in [6.07, 6.45) is 0. The van der Waals surface area contributed by atoms with Crippen LogP contribution in [-0.2, 0) is 11.3 Å². The second-order valence-corrected chi connectivity index (χ2v) is 4.97. The molecule has 2 nitrogen and oxygen atoms in total. The van der Waals surface area contributed by atoms with E-state index in [0.717, 1.165) is 23.7 Å². The molecule has 1 heterocycles. The summed E-state index contributed by atoms with van der Waals surface area (Å²) in [5.74, 6) is 0. The summed E-state index contributed by atoms with van der Waals surface area (Å²) in [4.78, 5) is 1.06. The fraction of sp³-hybridized carbons (Fsp3) is 0.400. The molecule has 0 radical (unpaired) electrons. The van der Waals surface area contributed by atoms with E-state index in [-0.39, 0.29) is 6.61 Å². The fourth-order valence-electron chi connectivity index (χ4n) is 1.23. The molecule has 0 unspecified atom stereocenters. The van der Waals surface area contributed by atoms with E-state index in [1.807, 2.05) is 12.1 Å². The highest BCUT2D eigenvalue weighted by atomic mass is 35.5. The summed E-state index contributed by atoms with van der Waals surface area (Å²) >= 11 is 7.62. The topological polar surface area (TPSA) is 29.5 Å². The molecule has 0 amide bonds. The minimum absolute atomic E-state index is 0.0626. The molecule has 0 aromatic heterocycles. The Morgan fingerprint density at radius 2 is 2.29 bits per heavy atom. The Morgan fingerprint density at radius 3 is 2.86 bits per heavy atom. The predicted molar refractivity (Wildman–Crippen MR) is 57.8 cm³/mol. The number of ether oxygens (including phenoxy) is 1. The second-order valence-electron chi connectivity index (χ2n) is 3.19. The van der Waals surface area contributed by atoms with Gasteiger partial charge in [0.05, 0.1) is 25.1 Å². The van der Waals surface area contributed by atoms with Gasteiger partial charge in [0.15, 0.2) is 0 Å². The third-order valence-corrected chi connectivity index (χ3v) is 3.58. The summed E-state index contributed by atoms with van der Waals surface area (Å²) in [5, 5.41) is 10.4. The Morgan fingerprint density at radius 1 is 1.50 bits per heavy atom. The van der Waals surface area contributed by atoms with Crippen LogP contribution in [0.5, 0.6) is 0 Å². The number of aliphatic hydroxyl groups excluding tert-OH is 1. The quantitative estimate of drug-likeness (QED) is 0.864. The number of benzene rings is 1. The average Bonchev–Trinajstić information content (AvgIpc) is 2.12. The summed E-state index contributed by atoms with van der Waals surface area (Å²) in [7, 11) is 0. The zero-order valence-corrected chi connectivity index (χ0v) is 9.14. The van der Waals surface area contributed by atoms with Crippen molar-refractivity contribution in [2.45, 2.75) is 16.8 Å². The van der Waals surface area contributed by atoms with Gasteiger partial charge in [0.2, 0.25) is 0 Å². The number of aliphatic hydroxyl groups is 1. The van der Waals surface area contributed by atoms with Gasteiger partial charge in [-0.1, -0.05) is 17.7 Å². The maximum absolute atomic E-state index is 9.13. The zero-order valence-electron chi connectivity index (χ0n) is 7.57. The molecular weight excluding hydrogens is 220 g/mol. The number of thioether (sulfide) groups is 1. The molecule has 1 fully saturated rings. The van der Waals surface area contributed by atoms with Gasteiger partial charge in [0, 0.05) is 9.92 Å². The van der Waals surface area contributed by atoms with Crippen LogP contribution >= 0.6 is 23.4 Å². The largest absolute Gasteiger partial charge is 0.392 e. The van der Waals surface area contributed by atoms with Gasteiger partial charge in [-0.15, -0.1) is 11.8 Å². The highest BCUT2D eigenvalue weighted by molar-refractivity contribution is 8.00. The Kier molecular flexibility index (Phi) is 3.34. The molecule has 0 spiro atoms. The van der Waals surface area contributed by atoms with Crippen LogP contribution in [0.1, 0.15) is 5.56 Å². The van der Waals surface area contributed by atoms with Crippen LogP contribution in [-0.4, -0.2) is 23.6 Å². The molecule has 76 valence electrons. The van der Waals surface area contributed by atoms with Crippen molar-refractivity contribution >= 4 is 23.4 Å². The lowest BCUT2D eigenvalue weighted by Gasteiger charge is -2.25. The molecular formula is C10H11ClO2S. The van der Waals surface area contributed by atoms with Crippen LogP contribution in [0.15, 0.2) is 23.1 Å². The first-order valence-corrected chi connectivity index (χ1v) is 5.69. The van der Waals surface area contributed by atoms with E-state index >= 15 is 0 Å². The molecule has 1 aliphatic rings. The van der Waals surface area contributed by atoms with Gasteiger partial charge in [0.25, 0.3) is 0 Å². The summed E-state index contributed by atoms with van der Waals surface area (Å²) in [5.41, 5.74) is 0.936. The maximum atomic E-state index is 9.13. The van der Waals surface area contributed by atoms with Crippen molar-refractivity contribution in [3.8, 4) is 0 Å². The molecule has 0 bridgehead atoms. The third-order valence-electron chi connectivity index (χ3n) is 2.10. The van der Waals surface area contributed by atoms with Crippen molar-refractivity contribution in [1.29, 1.82) is 0 Å². The van der Waals surface area contributed by atoms with Crippen molar-refractivity contribution in [2.24, 2.45) is 0 Å². The smallest absolute Gasteiger partial charge is 0.0692 e. The van der Waals surface area contributed by atoms with Crippen LogP contribution < -0.4 is 0 Å². The third kappa shape index (κ3) is 2.23. The van der Waals surface area contributed by atoms with Gasteiger partial charge in [-0.3, -0.25) is 0 Å². The van der Waals surface area contributed by atoms with E-state index in [0.29, 0.717) is 10.3 Å². The lowest BCUT2D eigenvalue weighted by atomic mass is 10.2. The molecule has 14 heavy (non-hydrogen) atoms. The van der Waals surface area contributed by atoms with E-state index in [4.69, 9.17) is 21.4 Å². The molecule has 1 N–H and O–H groups in total. The minimum Gasteiger partial charge on any atom is -0.392 e. The summed E-state index contributed by atoms with van der Waals surface area (Å²) < 4.78 is 5.09. The average molecular weight is 231 g/mol. The van der Waals surface area contributed by atoms with Gasteiger partial charge in [0.1, 0.15) is 0 Å². The lowest BCUT2D eigenvalue weighted by molar-refractivity contribution is 0.0455. The molecule has 1 aliphatic heterocycles. The monoisotopic (exact) mass is 230 g/mol. The molecule has 2 rings (SSSR count). The number of hydrogen-bond acceptors (Lipinski definition) is 3. The van der Waals surface area contributed by atoms with E-state index < -0.39 is 0 Å². The van der Waals surface area contributed by atoms with Crippen LogP contribution in [0.4, 0.5) is 0 Å². The van der Waals surface area contributed by atoms with Gasteiger partial charge < -0.3 is 9.84 Å². The van der Waals surface area contributed by atoms with Crippen molar-refractivity contribution in [1.82, 2.24) is 0 Å². The molecule has 0 saturated carbocycles. The highest BCUT2D eigenvalue weighted by Gasteiger charge is 2.20. The number of hydrogen-bond donors (Lipinski definition) is 1. The lowest BCUT2D eigenvalue weighted by Crippen LogP contribution is -2.30. The first-order chi connectivity index (χ1) is 6.79. The number of halogens is 1. The van der Waals surface area contributed by atoms with E-state index in [2.05, 4.69) is 0 Å². The first kappa shape index (κ1) is 10.3. The van der Waals surface area contributed by atoms with Gasteiger partial charge in [-0.05, 0) is 17.7 Å². The van der Waals surface area contributed by atoms with Gasteiger partial charge in [-0.2, -0.15) is 0 Å². The van der Waals surface area contributed by atoms with Crippen molar-refractivity contribution in [3.05, 3.63) is 28.8 Å². The fourth-order valence-corrected chi connectivity index (χ4v) is 2.63. The Labute approximate surface area is 92.2 Å². The molecule has 1 aromatic carbocycles. The summed E-state index contributed by atoms with van der Waals surface area (Å²) in [6, 6.07) is 5.56. The molecule has 4 heteroatoms. The van der Waals surface area contributed by atoms with Crippen LogP contribution in [0.2, 0.25) is 5.02 Å². The van der Waals surface area contributed by atoms with Gasteiger partial charge >= 0.3 is 0 Å². The zero-order chi connectivity index (χ0) is 9.97. The Hall–Kier alpha value is -0.220. The maximum Gasteiger partial charge on any atom is 0.0692 e. The first-order valence-electron chi connectivity index (χ1n) is 4.43. The van der Waals surface area contributed by atoms with E-state index in [9.17, 15) is 0 Å². The van der Waals surface area contributed by atoms with Crippen molar-refractivity contribution in [3.63, 3.8) is 0 Å². The minimum atomic E-state index is 0.0626. The molecule has 0 atom stereocenters. The molecule has 0 aliphatic carbocycles. The molecule has 1 saturated heterocycles. The van der Waals surface area contributed by atoms with Gasteiger partial charge in [-0.25, -0.2) is 0 Å². The Bertz CT molecular complexity index is 326. The van der Waals surface area contributed by atoms with E-state index in [1.54, 1.807) is 17.8 Å². The summed E-state index contributed by atoms with van der Waals surface area (Å²) in [6.45, 7) is 1.65. The SMILES string of the molecule is OCc1ccc(Cl)cc1SC1COC1. The van der Waals surface area contributed by atoms with E-state index in [1.165, 1.54) is 0 Å². The number of rotatable bonds is 3. The Balaban J connectivity index is 2.15. The second kappa shape index (κ2) is 4.53. The van der Waals surface area contributed by atoms with Crippen molar-refractivity contribution in [2.75, 3.05) is 13.2 Å². The standard InChI is InChI=1S/C10H11ClO2S/c11-8-2-1-7(4-12)10(3-8)14-9-5-13-6-9/h1-3,9,12H,4-6H2.